The zero-order valence-corrected chi connectivity index (χ0v) is 13.9. The van der Waals surface area contributed by atoms with Gasteiger partial charge in [0.25, 0.3) is 0 Å². The molecule has 0 aliphatic rings. The van der Waals surface area contributed by atoms with E-state index in [1.54, 1.807) is 52.0 Å². The van der Waals surface area contributed by atoms with E-state index in [0.29, 0.717) is 5.56 Å². The van der Waals surface area contributed by atoms with Crippen LogP contribution in [0.15, 0.2) is 30.3 Å². The summed E-state index contributed by atoms with van der Waals surface area (Å²) in [6, 6.07) is 7.49. The van der Waals surface area contributed by atoms with Crippen LogP contribution in [0.5, 0.6) is 0 Å². The second kappa shape index (κ2) is 7.76. The maximum atomic E-state index is 12.3. The van der Waals surface area contributed by atoms with Crippen LogP contribution >= 0.6 is 0 Å². The standard InChI is InChI=1S/C17H24N2O4/c1-11(18-16(23)17(2,3)4)15(22)19-13(10-14(20)21)12-8-6-5-7-9-12/h5-9,11,13H,10H2,1-4H3,(H,18,23)(H,19,22)(H,20,21). The van der Waals surface area contributed by atoms with Crippen molar-refractivity contribution < 1.29 is 19.5 Å². The largest absolute Gasteiger partial charge is 0.481 e. The summed E-state index contributed by atoms with van der Waals surface area (Å²) >= 11 is 0. The molecule has 6 heteroatoms. The van der Waals surface area contributed by atoms with Crippen LogP contribution in [-0.2, 0) is 14.4 Å². The fourth-order valence-electron chi connectivity index (χ4n) is 1.89. The number of carbonyl (C=O) groups excluding carboxylic acids is 2. The lowest BCUT2D eigenvalue weighted by molar-refractivity contribution is -0.138. The van der Waals surface area contributed by atoms with E-state index in [1.807, 2.05) is 6.07 Å². The van der Waals surface area contributed by atoms with Gasteiger partial charge in [0.1, 0.15) is 6.04 Å². The highest BCUT2D eigenvalue weighted by Crippen LogP contribution is 2.17. The molecule has 126 valence electrons. The van der Waals surface area contributed by atoms with Crippen molar-refractivity contribution >= 4 is 17.8 Å². The van der Waals surface area contributed by atoms with Gasteiger partial charge >= 0.3 is 5.97 Å². The molecule has 1 aromatic rings. The number of carboxylic acids is 1. The van der Waals surface area contributed by atoms with E-state index in [4.69, 9.17) is 5.11 Å². The molecule has 2 unspecified atom stereocenters. The van der Waals surface area contributed by atoms with E-state index in [9.17, 15) is 14.4 Å². The molecule has 0 aliphatic carbocycles. The number of aliphatic carboxylic acids is 1. The van der Waals surface area contributed by atoms with Gasteiger partial charge in [-0.25, -0.2) is 0 Å². The molecule has 0 radical (unpaired) electrons. The number of amides is 2. The molecule has 0 fully saturated rings. The Balaban J connectivity index is 2.77. The van der Waals surface area contributed by atoms with Crippen molar-refractivity contribution in [2.24, 2.45) is 5.41 Å². The number of rotatable bonds is 6. The van der Waals surface area contributed by atoms with Gasteiger partial charge in [0.15, 0.2) is 0 Å². The van der Waals surface area contributed by atoms with E-state index < -0.39 is 29.4 Å². The Kier molecular flexibility index (Phi) is 6.30. The average Bonchev–Trinajstić information content (AvgIpc) is 2.45. The third kappa shape index (κ3) is 6.10. The summed E-state index contributed by atoms with van der Waals surface area (Å²) in [6.07, 6.45) is -0.226. The number of carboxylic acid groups (broad SMARTS) is 1. The minimum atomic E-state index is -1.01. The highest BCUT2D eigenvalue weighted by Gasteiger charge is 2.26. The molecule has 0 spiro atoms. The second-order valence-corrected chi connectivity index (χ2v) is 6.51. The molecule has 0 aromatic heterocycles. The van der Waals surface area contributed by atoms with E-state index in [-0.39, 0.29) is 12.3 Å². The number of nitrogens with one attached hydrogen (secondary N) is 2. The molecule has 2 amide bonds. The van der Waals surface area contributed by atoms with Crippen molar-refractivity contribution in [3.05, 3.63) is 35.9 Å². The molecule has 0 bridgehead atoms. The molecule has 0 aliphatic heterocycles. The van der Waals surface area contributed by atoms with Crippen LogP contribution in [-0.4, -0.2) is 28.9 Å². The lowest BCUT2D eigenvalue weighted by Gasteiger charge is -2.24. The van der Waals surface area contributed by atoms with Gasteiger partial charge in [0, 0.05) is 5.41 Å². The zero-order chi connectivity index (χ0) is 17.6. The van der Waals surface area contributed by atoms with Crippen molar-refractivity contribution in [1.82, 2.24) is 10.6 Å². The highest BCUT2D eigenvalue weighted by molar-refractivity contribution is 5.89. The van der Waals surface area contributed by atoms with E-state index in [1.165, 1.54) is 0 Å². The van der Waals surface area contributed by atoms with Crippen LogP contribution in [0.1, 0.15) is 45.7 Å². The first-order chi connectivity index (χ1) is 10.6. The predicted octanol–water partition coefficient (Wildman–Crippen LogP) is 1.87. The maximum absolute atomic E-state index is 12.3. The summed E-state index contributed by atoms with van der Waals surface area (Å²) in [5, 5.41) is 14.3. The van der Waals surface area contributed by atoms with E-state index in [2.05, 4.69) is 10.6 Å². The van der Waals surface area contributed by atoms with E-state index >= 15 is 0 Å². The molecule has 0 saturated carbocycles. The summed E-state index contributed by atoms with van der Waals surface area (Å²) in [5.41, 5.74) is 0.103. The normalized spacial score (nSPS) is 13.7. The van der Waals surface area contributed by atoms with Gasteiger partial charge in [-0.2, -0.15) is 0 Å². The number of hydrogen-bond acceptors (Lipinski definition) is 3. The Morgan fingerprint density at radius 3 is 2.13 bits per heavy atom. The molecule has 2 atom stereocenters. The van der Waals surface area contributed by atoms with Crippen LogP contribution in [0.25, 0.3) is 0 Å². The molecular formula is C17H24N2O4. The number of benzene rings is 1. The van der Waals surface area contributed by atoms with Crippen LogP contribution in [0.3, 0.4) is 0 Å². The third-order valence-electron chi connectivity index (χ3n) is 3.32. The smallest absolute Gasteiger partial charge is 0.305 e. The van der Waals surface area contributed by atoms with E-state index in [0.717, 1.165) is 0 Å². The SMILES string of the molecule is CC(NC(=O)C(C)(C)C)C(=O)NC(CC(=O)O)c1ccccc1. The van der Waals surface area contributed by atoms with Crippen molar-refractivity contribution in [1.29, 1.82) is 0 Å². The molecule has 0 saturated heterocycles. The Bertz CT molecular complexity index is 564. The molecule has 1 rings (SSSR count). The van der Waals surface area contributed by atoms with Crippen LogP contribution in [0.2, 0.25) is 0 Å². The van der Waals surface area contributed by atoms with Crippen molar-refractivity contribution in [2.45, 2.75) is 46.2 Å². The third-order valence-corrected chi connectivity index (χ3v) is 3.32. The van der Waals surface area contributed by atoms with Gasteiger partial charge in [-0.15, -0.1) is 0 Å². The number of hydrogen-bond donors (Lipinski definition) is 3. The van der Waals surface area contributed by atoms with Gasteiger partial charge in [0.05, 0.1) is 12.5 Å². The Morgan fingerprint density at radius 2 is 1.65 bits per heavy atom. The molecule has 3 N–H and O–H groups in total. The summed E-state index contributed by atoms with van der Waals surface area (Å²) in [6.45, 7) is 6.83. The Morgan fingerprint density at radius 1 is 1.09 bits per heavy atom. The Labute approximate surface area is 136 Å². The van der Waals surface area contributed by atoms with Crippen molar-refractivity contribution in [3.63, 3.8) is 0 Å². The van der Waals surface area contributed by atoms with Gasteiger partial charge in [-0.3, -0.25) is 14.4 Å². The van der Waals surface area contributed by atoms with Gasteiger partial charge in [0.2, 0.25) is 11.8 Å². The first kappa shape index (κ1) is 18.7. The number of carbonyl (C=O) groups is 3. The summed E-state index contributed by atoms with van der Waals surface area (Å²) in [4.78, 5) is 35.2. The minimum Gasteiger partial charge on any atom is -0.481 e. The molecule has 0 heterocycles. The zero-order valence-electron chi connectivity index (χ0n) is 13.9. The lowest BCUT2D eigenvalue weighted by atomic mass is 9.95. The first-order valence-corrected chi connectivity index (χ1v) is 7.49. The fourth-order valence-corrected chi connectivity index (χ4v) is 1.89. The average molecular weight is 320 g/mol. The predicted molar refractivity (Wildman–Crippen MR) is 86.6 cm³/mol. The molecule has 23 heavy (non-hydrogen) atoms. The van der Waals surface area contributed by atoms with Crippen LogP contribution in [0, 0.1) is 5.41 Å². The fraction of sp³-hybridized carbons (Fsp3) is 0.471. The molecule has 1 aromatic carbocycles. The monoisotopic (exact) mass is 320 g/mol. The van der Waals surface area contributed by atoms with Gasteiger partial charge in [-0.1, -0.05) is 51.1 Å². The van der Waals surface area contributed by atoms with Gasteiger partial charge < -0.3 is 15.7 Å². The summed E-state index contributed by atoms with van der Waals surface area (Å²) in [7, 11) is 0. The molecular weight excluding hydrogens is 296 g/mol. The van der Waals surface area contributed by atoms with Crippen molar-refractivity contribution in [2.75, 3.05) is 0 Å². The Hall–Kier alpha value is -2.37. The van der Waals surface area contributed by atoms with Crippen LogP contribution < -0.4 is 10.6 Å². The van der Waals surface area contributed by atoms with Crippen LogP contribution in [0.4, 0.5) is 0 Å². The van der Waals surface area contributed by atoms with Gasteiger partial charge in [-0.05, 0) is 12.5 Å². The summed E-state index contributed by atoms with van der Waals surface area (Å²) < 4.78 is 0. The molecule has 6 nitrogen and oxygen atoms in total. The first-order valence-electron chi connectivity index (χ1n) is 7.49. The summed E-state index contributed by atoms with van der Waals surface area (Å²) in [5.74, 6) is -1.67. The minimum absolute atomic E-state index is 0.226. The van der Waals surface area contributed by atoms with Crippen molar-refractivity contribution in [3.8, 4) is 0 Å². The lowest BCUT2D eigenvalue weighted by Crippen LogP contribution is -2.49. The highest BCUT2D eigenvalue weighted by atomic mass is 16.4. The quantitative estimate of drug-likeness (QED) is 0.745. The second-order valence-electron chi connectivity index (χ2n) is 6.51. The maximum Gasteiger partial charge on any atom is 0.305 e. The topological polar surface area (TPSA) is 95.5 Å².